The Bertz CT molecular complexity index is 1590. The molecule has 0 spiro atoms. The van der Waals surface area contributed by atoms with Crippen LogP contribution in [-0.4, -0.2) is 29.6 Å². The van der Waals surface area contributed by atoms with Gasteiger partial charge in [-0.15, -0.1) is 11.3 Å². The normalized spacial score (nSPS) is 13.1. The minimum absolute atomic E-state index is 0.0790. The maximum atomic E-state index is 12.8. The number of aromatic amines is 1. The van der Waals surface area contributed by atoms with E-state index in [0.29, 0.717) is 17.3 Å². The lowest BCUT2D eigenvalue weighted by Gasteiger charge is -2.14. The molecule has 0 saturated heterocycles. The summed E-state index contributed by atoms with van der Waals surface area (Å²) in [5.74, 6) is 1.24. The number of thiophene rings is 1. The Hall–Kier alpha value is -3.91. The largest absolute Gasteiger partial charge is 0.493 e. The first kappa shape index (κ1) is 25.7. The molecule has 0 radical (unpaired) electrons. The number of H-pyrrole nitrogens is 1. The third-order valence-electron chi connectivity index (χ3n) is 6.76. The van der Waals surface area contributed by atoms with Gasteiger partial charge in [0.1, 0.15) is 10.7 Å². The van der Waals surface area contributed by atoms with Gasteiger partial charge in [0.2, 0.25) is 0 Å². The van der Waals surface area contributed by atoms with Crippen LogP contribution in [0.25, 0.3) is 22.4 Å². The van der Waals surface area contributed by atoms with E-state index in [1.165, 1.54) is 16.9 Å². The van der Waals surface area contributed by atoms with Crippen LogP contribution in [0.4, 0.5) is 5.69 Å². The number of hydrogen-bond donors (Lipinski definition) is 2. The molecule has 2 N–H and O–H groups in total. The highest BCUT2D eigenvalue weighted by molar-refractivity contribution is 7.18. The van der Waals surface area contributed by atoms with E-state index in [9.17, 15) is 9.59 Å². The molecule has 8 heteroatoms. The molecule has 2 heterocycles. The molecule has 1 amide bonds. The Balaban J connectivity index is 1.28. The van der Waals surface area contributed by atoms with E-state index in [1.54, 1.807) is 30.6 Å². The van der Waals surface area contributed by atoms with Crippen molar-refractivity contribution in [2.75, 3.05) is 19.0 Å². The summed E-state index contributed by atoms with van der Waals surface area (Å²) in [6.45, 7) is 5.84. The summed E-state index contributed by atoms with van der Waals surface area (Å²) in [5, 5.41) is 3.70. The Kier molecular flexibility index (Phi) is 7.33. The smallest absolute Gasteiger partial charge is 0.262 e. The van der Waals surface area contributed by atoms with Crippen LogP contribution in [0.3, 0.4) is 0 Å². The zero-order chi connectivity index (χ0) is 26.8. The summed E-state index contributed by atoms with van der Waals surface area (Å²) >= 11 is 1.63. The van der Waals surface area contributed by atoms with Crippen molar-refractivity contribution in [3.8, 4) is 11.5 Å². The first-order chi connectivity index (χ1) is 18.3. The van der Waals surface area contributed by atoms with Crippen molar-refractivity contribution in [2.45, 2.75) is 46.5 Å². The van der Waals surface area contributed by atoms with Crippen LogP contribution in [0.1, 0.15) is 51.4 Å². The Morgan fingerprint density at radius 2 is 1.84 bits per heavy atom. The molecule has 2 aromatic carbocycles. The summed E-state index contributed by atoms with van der Waals surface area (Å²) in [6.07, 6.45) is 7.92. The van der Waals surface area contributed by atoms with Crippen molar-refractivity contribution in [1.82, 2.24) is 9.97 Å². The monoisotopic (exact) mass is 529 g/mol. The van der Waals surface area contributed by atoms with E-state index in [-0.39, 0.29) is 18.1 Å². The van der Waals surface area contributed by atoms with Gasteiger partial charge >= 0.3 is 0 Å². The van der Waals surface area contributed by atoms with Gasteiger partial charge in [-0.25, -0.2) is 4.98 Å². The van der Waals surface area contributed by atoms with Crippen LogP contribution in [0.5, 0.6) is 11.5 Å². The van der Waals surface area contributed by atoms with Crippen LogP contribution in [-0.2, 0) is 17.6 Å². The number of aryl methyl sites for hydroxylation is 5. The number of carbonyl (C=O) groups is 1. The molecule has 2 aromatic heterocycles. The molecule has 1 aliphatic rings. The molecule has 0 aliphatic heterocycles. The third kappa shape index (κ3) is 5.36. The molecule has 0 bridgehead atoms. The Morgan fingerprint density at radius 3 is 2.61 bits per heavy atom. The predicted octanol–water partition coefficient (Wildman–Crippen LogP) is 5.99. The first-order valence-electron chi connectivity index (χ1n) is 12.7. The maximum Gasteiger partial charge on any atom is 0.262 e. The molecular weight excluding hydrogens is 498 g/mol. The molecule has 0 unspecified atom stereocenters. The van der Waals surface area contributed by atoms with Crippen LogP contribution in [0.2, 0.25) is 0 Å². The van der Waals surface area contributed by atoms with Crippen molar-refractivity contribution in [1.29, 1.82) is 0 Å². The van der Waals surface area contributed by atoms with Gasteiger partial charge < -0.3 is 19.8 Å². The molecule has 0 fully saturated rings. The molecule has 38 heavy (non-hydrogen) atoms. The second-order valence-electron chi connectivity index (χ2n) is 9.70. The van der Waals surface area contributed by atoms with Gasteiger partial charge in [0.05, 0.1) is 12.5 Å². The fourth-order valence-electron chi connectivity index (χ4n) is 5.04. The number of nitrogens with one attached hydrogen (secondary N) is 2. The van der Waals surface area contributed by atoms with Gasteiger partial charge in [0.25, 0.3) is 11.5 Å². The number of methoxy groups -OCH3 is 1. The first-order valence-corrected chi connectivity index (χ1v) is 13.5. The van der Waals surface area contributed by atoms with Gasteiger partial charge in [-0.3, -0.25) is 9.59 Å². The highest BCUT2D eigenvalue weighted by Crippen LogP contribution is 2.34. The fraction of sp³-hybridized carbons (Fsp3) is 0.300. The SMILES string of the molecule is COc1cc(C=Cc2nc3sc4c(c3c(=O)[nH]2)CCCC4)ccc1OCC(=O)Nc1c(C)cc(C)cc1C. The molecule has 0 atom stereocenters. The van der Waals surface area contributed by atoms with E-state index >= 15 is 0 Å². The van der Waals surface area contributed by atoms with E-state index in [2.05, 4.69) is 10.3 Å². The number of rotatable bonds is 7. The summed E-state index contributed by atoms with van der Waals surface area (Å²) < 4.78 is 11.3. The van der Waals surface area contributed by atoms with Gasteiger partial charge in [-0.05, 0) is 86.9 Å². The minimum Gasteiger partial charge on any atom is -0.493 e. The van der Waals surface area contributed by atoms with Crippen molar-refractivity contribution in [3.63, 3.8) is 0 Å². The average Bonchev–Trinajstić information content (AvgIpc) is 3.27. The van der Waals surface area contributed by atoms with Crippen LogP contribution in [0.15, 0.2) is 35.1 Å². The molecule has 1 aliphatic carbocycles. The average molecular weight is 530 g/mol. The number of aromatic nitrogens is 2. The fourth-order valence-corrected chi connectivity index (χ4v) is 6.31. The number of anilines is 1. The standard InChI is InChI=1S/C30H31N3O4S/c1-17-13-18(2)28(19(3)14-17)33-26(34)16-37-22-11-9-20(15-23(22)36-4)10-12-25-31-29(35)27-21-7-5-6-8-24(21)38-30(27)32-25/h9-15H,5-8,16H2,1-4H3,(H,33,34)(H,31,32,35). The van der Waals surface area contributed by atoms with Gasteiger partial charge in [-0.2, -0.15) is 0 Å². The summed E-state index contributed by atoms with van der Waals surface area (Å²) in [5.41, 5.74) is 5.93. The number of carbonyl (C=O) groups excluding carboxylic acids is 1. The lowest BCUT2D eigenvalue weighted by atomic mass is 9.97. The summed E-state index contributed by atoms with van der Waals surface area (Å²) in [6, 6.07) is 9.52. The molecule has 196 valence electrons. The van der Waals surface area contributed by atoms with E-state index < -0.39 is 0 Å². The lowest BCUT2D eigenvalue weighted by Crippen LogP contribution is -2.21. The van der Waals surface area contributed by atoms with Crippen LogP contribution >= 0.6 is 11.3 Å². The van der Waals surface area contributed by atoms with Crippen molar-refractivity contribution in [3.05, 3.63) is 79.2 Å². The van der Waals surface area contributed by atoms with Crippen LogP contribution < -0.4 is 20.3 Å². The number of ether oxygens (including phenoxy) is 2. The molecular formula is C30H31N3O4S. The van der Waals surface area contributed by atoms with Gasteiger partial charge in [0, 0.05) is 10.6 Å². The highest BCUT2D eigenvalue weighted by Gasteiger charge is 2.19. The molecule has 7 nitrogen and oxygen atoms in total. The van der Waals surface area contributed by atoms with Crippen molar-refractivity contribution in [2.24, 2.45) is 0 Å². The Morgan fingerprint density at radius 1 is 1.08 bits per heavy atom. The Labute approximate surface area is 225 Å². The zero-order valence-electron chi connectivity index (χ0n) is 22.1. The van der Waals surface area contributed by atoms with E-state index in [1.807, 2.05) is 51.1 Å². The number of benzene rings is 2. The topological polar surface area (TPSA) is 93.3 Å². The van der Waals surface area contributed by atoms with Crippen molar-refractivity contribution >= 4 is 45.3 Å². The number of nitrogens with zero attached hydrogens (tertiary/aromatic N) is 1. The maximum absolute atomic E-state index is 12.8. The highest BCUT2D eigenvalue weighted by atomic mass is 32.1. The van der Waals surface area contributed by atoms with E-state index in [4.69, 9.17) is 14.5 Å². The third-order valence-corrected chi connectivity index (χ3v) is 7.95. The van der Waals surface area contributed by atoms with Gasteiger partial charge in [0.15, 0.2) is 18.1 Å². The van der Waals surface area contributed by atoms with E-state index in [0.717, 1.165) is 57.4 Å². The van der Waals surface area contributed by atoms with Gasteiger partial charge in [-0.1, -0.05) is 29.8 Å². The zero-order valence-corrected chi connectivity index (χ0v) is 22.9. The molecule has 5 rings (SSSR count). The minimum atomic E-state index is -0.244. The quantitative estimate of drug-likeness (QED) is 0.307. The lowest BCUT2D eigenvalue weighted by molar-refractivity contribution is -0.118. The summed E-state index contributed by atoms with van der Waals surface area (Å²) in [7, 11) is 1.56. The van der Waals surface area contributed by atoms with Crippen molar-refractivity contribution < 1.29 is 14.3 Å². The van der Waals surface area contributed by atoms with Crippen LogP contribution in [0, 0.1) is 20.8 Å². The second-order valence-corrected chi connectivity index (χ2v) is 10.8. The summed E-state index contributed by atoms with van der Waals surface area (Å²) in [4.78, 5) is 35.1. The number of hydrogen-bond acceptors (Lipinski definition) is 6. The molecule has 4 aromatic rings. The predicted molar refractivity (Wildman–Crippen MR) is 154 cm³/mol. The second kappa shape index (κ2) is 10.8. The number of amides is 1. The number of fused-ring (bicyclic) bond motifs is 3. The molecule has 0 saturated carbocycles.